The lowest BCUT2D eigenvalue weighted by atomic mass is 10.1. The molecule has 0 unspecified atom stereocenters. The zero-order valence-corrected chi connectivity index (χ0v) is 31.8. The van der Waals surface area contributed by atoms with Crippen molar-refractivity contribution in [3.63, 3.8) is 0 Å². The number of hydrogen-bond acceptors (Lipinski definition) is 3. The van der Waals surface area contributed by atoms with Crippen molar-refractivity contribution in [2.45, 2.75) is 193 Å². The maximum atomic E-state index is 6.38. The van der Waals surface area contributed by atoms with E-state index >= 15 is 0 Å². The fraction of sp³-hybridized carbons (Fsp3) is 0.818. The number of unbranched alkanes of at least 4 members (excludes halogenated alkanes) is 18. The molecule has 0 N–H and O–H groups in total. The van der Waals surface area contributed by atoms with Crippen LogP contribution in [0.15, 0.2) is 48.6 Å². The van der Waals surface area contributed by atoms with Crippen molar-refractivity contribution in [3.8, 4) is 0 Å². The molecule has 1 saturated heterocycles. The van der Waals surface area contributed by atoms with Crippen LogP contribution in [0.5, 0.6) is 0 Å². The van der Waals surface area contributed by atoms with Crippen LogP contribution in [0.1, 0.15) is 187 Å². The number of rotatable bonds is 36. The average Bonchev–Trinajstić information content (AvgIpc) is 3.61. The van der Waals surface area contributed by atoms with Gasteiger partial charge in [-0.3, -0.25) is 0 Å². The Morgan fingerprint density at radius 3 is 1.40 bits per heavy atom. The van der Waals surface area contributed by atoms with Gasteiger partial charge < -0.3 is 14.4 Å². The molecular formula is C44H81NO2. The molecule has 0 aromatic rings. The van der Waals surface area contributed by atoms with Gasteiger partial charge in [-0.2, -0.15) is 0 Å². The lowest BCUT2D eigenvalue weighted by molar-refractivity contribution is -0.0255. The van der Waals surface area contributed by atoms with Gasteiger partial charge in [0.25, 0.3) is 0 Å². The Morgan fingerprint density at radius 2 is 0.915 bits per heavy atom. The van der Waals surface area contributed by atoms with Gasteiger partial charge in [-0.1, -0.05) is 140 Å². The van der Waals surface area contributed by atoms with E-state index in [0.29, 0.717) is 0 Å². The summed E-state index contributed by atoms with van der Waals surface area (Å²) in [5.41, 5.74) is 0. The summed E-state index contributed by atoms with van der Waals surface area (Å²) in [6.45, 7) is 10.8. The maximum absolute atomic E-state index is 6.38. The first-order valence-corrected chi connectivity index (χ1v) is 20.9. The molecule has 0 bridgehead atoms. The van der Waals surface area contributed by atoms with Gasteiger partial charge in [0.15, 0.2) is 0 Å². The number of ether oxygens (including phenoxy) is 2. The predicted molar refractivity (Wildman–Crippen MR) is 210 cm³/mol. The van der Waals surface area contributed by atoms with Crippen molar-refractivity contribution in [1.82, 2.24) is 4.90 Å². The van der Waals surface area contributed by atoms with Gasteiger partial charge in [-0.25, -0.2) is 0 Å². The van der Waals surface area contributed by atoms with Crippen molar-refractivity contribution < 1.29 is 9.47 Å². The quantitative estimate of drug-likeness (QED) is 0.0495. The second-order valence-corrected chi connectivity index (χ2v) is 14.1. The number of hydrogen-bond donors (Lipinski definition) is 0. The molecule has 3 heteroatoms. The third-order valence-electron chi connectivity index (χ3n) is 9.46. The number of nitrogens with zero attached hydrogens (tertiary/aromatic N) is 1. The summed E-state index contributed by atoms with van der Waals surface area (Å²) in [6.07, 6.45) is 53.9. The zero-order valence-electron chi connectivity index (χ0n) is 31.8. The molecular weight excluding hydrogens is 574 g/mol. The summed E-state index contributed by atoms with van der Waals surface area (Å²) in [4.78, 5) is 2.61. The highest BCUT2D eigenvalue weighted by atomic mass is 16.5. The van der Waals surface area contributed by atoms with Crippen LogP contribution in [0, 0.1) is 0 Å². The molecule has 0 radical (unpaired) electrons. The van der Waals surface area contributed by atoms with Crippen LogP contribution < -0.4 is 0 Å². The Morgan fingerprint density at radius 1 is 0.489 bits per heavy atom. The molecule has 0 aliphatic carbocycles. The molecule has 0 spiro atoms. The minimum Gasteiger partial charge on any atom is -0.379 e. The molecule has 1 fully saturated rings. The van der Waals surface area contributed by atoms with Crippen LogP contribution in [-0.4, -0.2) is 50.5 Å². The highest BCUT2D eigenvalue weighted by molar-refractivity contribution is 4.93. The third kappa shape index (κ3) is 33.1. The fourth-order valence-corrected chi connectivity index (χ4v) is 6.29. The van der Waals surface area contributed by atoms with E-state index in [1.54, 1.807) is 0 Å². The largest absolute Gasteiger partial charge is 0.379 e. The molecule has 1 aliphatic heterocycles. The predicted octanol–water partition coefficient (Wildman–Crippen LogP) is 13.5. The van der Waals surface area contributed by atoms with Crippen molar-refractivity contribution >= 4 is 0 Å². The molecule has 0 aromatic heterocycles. The second-order valence-electron chi connectivity index (χ2n) is 14.1. The van der Waals surface area contributed by atoms with E-state index in [2.05, 4.69) is 67.4 Å². The molecule has 47 heavy (non-hydrogen) atoms. The summed E-state index contributed by atoms with van der Waals surface area (Å²) in [6, 6.07) is 0. The maximum Gasteiger partial charge on any atom is 0.0820 e. The first kappa shape index (κ1) is 43.9. The minimum atomic E-state index is 0.262. The van der Waals surface area contributed by atoms with E-state index in [9.17, 15) is 0 Å². The van der Waals surface area contributed by atoms with Gasteiger partial charge in [0, 0.05) is 19.8 Å². The smallest absolute Gasteiger partial charge is 0.0820 e. The molecule has 0 saturated carbocycles. The number of allylic oxidation sites excluding steroid dienone is 8. The van der Waals surface area contributed by atoms with Crippen molar-refractivity contribution in [1.29, 1.82) is 0 Å². The Bertz CT molecular complexity index is 720. The normalized spacial score (nSPS) is 15.1. The Hall–Kier alpha value is -1.16. The highest BCUT2D eigenvalue weighted by Gasteiger charge is 2.15. The summed E-state index contributed by atoms with van der Waals surface area (Å²) >= 11 is 0. The summed E-state index contributed by atoms with van der Waals surface area (Å²) in [7, 11) is 0. The first-order chi connectivity index (χ1) is 23.4. The van der Waals surface area contributed by atoms with Gasteiger partial charge in [0.05, 0.1) is 12.7 Å². The molecule has 1 rings (SSSR count). The Balaban J connectivity index is 1.99. The first-order valence-electron chi connectivity index (χ1n) is 20.9. The van der Waals surface area contributed by atoms with Crippen LogP contribution in [0.3, 0.4) is 0 Å². The molecule has 0 amide bonds. The van der Waals surface area contributed by atoms with E-state index in [1.165, 1.54) is 174 Å². The van der Waals surface area contributed by atoms with Gasteiger partial charge in [0.1, 0.15) is 0 Å². The lowest BCUT2D eigenvalue weighted by Crippen LogP contribution is -2.28. The zero-order chi connectivity index (χ0) is 33.6. The molecule has 3 nitrogen and oxygen atoms in total. The number of likely N-dealkylation sites (tertiary alicyclic amines) is 1. The Kier molecular flexibility index (Phi) is 35.1. The Labute approximate surface area is 295 Å². The summed E-state index contributed by atoms with van der Waals surface area (Å²) in [5, 5.41) is 0. The third-order valence-corrected chi connectivity index (χ3v) is 9.46. The molecule has 1 atom stereocenters. The van der Waals surface area contributed by atoms with Crippen LogP contribution in [-0.2, 0) is 9.47 Å². The van der Waals surface area contributed by atoms with Crippen LogP contribution in [0.25, 0.3) is 0 Å². The van der Waals surface area contributed by atoms with Crippen molar-refractivity contribution in [2.75, 3.05) is 39.5 Å². The highest BCUT2D eigenvalue weighted by Crippen LogP contribution is 2.13. The van der Waals surface area contributed by atoms with Gasteiger partial charge >= 0.3 is 0 Å². The van der Waals surface area contributed by atoms with E-state index < -0.39 is 0 Å². The standard InChI is InChI=1S/C44H81NO2/c1-3-5-7-9-11-13-15-17-19-21-23-25-27-29-31-35-41-46-43-44(37-40-45-38-33-34-39-45)47-42-36-32-30-28-26-24-22-20-18-16-14-12-10-8-6-4-2/h11-14,17-20,44H,3-10,15-16,21-43H2,1-2H3/b13-11+,14-12+,19-17+,20-18+/t44-/m0/s1. The van der Waals surface area contributed by atoms with Crippen LogP contribution in [0.2, 0.25) is 0 Å². The minimum absolute atomic E-state index is 0.262. The summed E-state index contributed by atoms with van der Waals surface area (Å²) < 4.78 is 12.5. The van der Waals surface area contributed by atoms with Crippen molar-refractivity contribution in [2.24, 2.45) is 0 Å². The molecule has 0 aromatic carbocycles. The SMILES string of the molecule is CCCCC/C=C/C/C=C/CCCCCCCCOC[C@H](CCN1CCCC1)OCCCCCCCC/C=C/C/C=C/CCCCC. The average molecular weight is 656 g/mol. The van der Waals surface area contributed by atoms with Gasteiger partial charge in [-0.05, 0) is 109 Å². The van der Waals surface area contributed by atoms with Gasteiger partial charge in [0.2, 0.25) is 0 Å². The lowest BCUT2D eigenvalue weighted by Gasteiger charge is -2.22. The topological polar surface area (TPSA) is 21.7 Å². The van der Waals surface area contributed by atoms with Crippen molar-refractivity contribution in [3.05, 3.63) is 48.6 Å². The van der Waals surface area contributed by atoms with E-state index in [4.69, 9.17) is 9.47 Å². The molecule has 1 heterocycles. The fourth-order valence-electron chi connectivity index (χ4n) is 6.29. The van der Waals surface area contributed by atoms with Gasteiger partial charge in [-0.15, -0.1) is 0 Å². The molecule has 1 aliphatic rings. The second kappa shape index (κ2) is 37.7. The van der Waals surface area contributed by atoms with Crippen LogP contribution in [0.4, 0.5) is 0 Å². The summed E-state index contributed by atoms with van der Waals surface area (Å²) in [5.74, 6) is 0. The monoisotopic (exact) mass is 656 g/mol. The van der Waals surface area contributed by atoms with E-state index in [0.717, 1.165) is 39.1 Å². The van der Waals surface area contributed by atoms with E-state index in [-0.39, 0.29) is 6.10 Å². The molecule has 274 valence electrons. The van der Waals surface area contributed by atoms with Crippen LogP contribution >= 0.6 is 0 Å². The van der Waals surface area contributed by atoms with E-state index in [1.807, 2.05) is 0 Å².